The van der Waals surface area contributed by atoms with Gasteiger partial charge in [-0.15, -0.1) is 11.8 Å². The Bertz CT molecular complexity index is 851. The number of halogens is 1. The highest BCUT2D eigenvalue weighted by atomic mass is 79.9. The molecular formula is C19H19BrN2O3S. The minimum Gasteiger partial charge on any atom is -0.459 e. The number of nitrogens with zero attached hydrogens (tertiary/aromatic N) is 1. The van der Waals surface area contributed by atoms with Crippen LogP contribution in [0.25, 0.3) is 11.3 Å². The van der Waals surface area contributed by atoms with Gasteiger partial charge in [-0.1, -0.05) is 28.1 Å². The molecule has 2 amide bonds. The van der Waals surface area contributed by atoms with Crippen LogP contribution in [-0.2, 0) is 16.1 Å². The van der Waals surface area contributed by atoms with Gasteiger partial charge >= 0.3 is 0 Å². The Labute approximate surface area is 164 Å². The van der Waals surface area contributed by atoms with Gasteiger partial charge < -0.3 is 14.6 Å². The fraction of sp³-hybridized carbons (Fsp3) is 0.368. The van der Waals surface area contributed by atoms with E-state index in [9.17, 15) is 9.59 Å². The number of hydrogen-bond donors (Lipinski definition) is 1. The molecule has 7 heteroatoms. The van der Waals surface area contributed by atoms with Crippen LogP contribution in [-0.4, -0.2) is 33.4 Å². The molecule has 0 saturated carbocycles. The van der Waals surface area contributed by atoms with Crippen molar-refractivity contribution in [3.05, 3.63) is 46.6 Å². The normalized spacial score (nSPS) is 24.8. The highest BCUT2D eigenvalue weighted by Crippen LogP contribution is 2.47. The van der Waals surface area contributed by atoms with Crippen LogP contribution < -0.4 is 5.32 Å². The van der Waals surface area contributed by atoms with Crippen molar-refractivity contribution in [1.29, 1.82) is 0 Å². The van der Waals surface area contributed by atoms with E-state index in [2.05, 4.69) is 21.2 Å². The number of furan rings is 1. The maximum Gasteiger partial charge on any atom is 0.244 e. The summed E-state index contributed by atoms with van der Waals surface area (Å²) >= 11 is 5.11. The lowest BCUT2D eigenvalue weighted by molar-refractivity contribution is -0.138. The van der Waals surface area contributed by atoms with Crippen molar-refractivity contribution in [2.24, 2.45) is 0 Å². The Hall–Kier alpha value is -1.73. The molecule has 1 aromatic carbocycles. The summed E-state index contributed by atoms with van der Waals surface area (Å²) in [4.78, 5) is 26.3. The molecule has 1 aromatic heterocycles. The molecule has 2 fully saturated rings. The van der Waals surface area contributed by atoms with Crippen molar-refractivity contribution < 1.29 is 14.0 Å². The van der Waals surface area contributed by atoms with Crippen LogP contribution in [0.3, 0.4) is 0 Å². The SMILES string of the molecule is CC12CCC(=O)N1C(C(=O)NCc1ccc(-c3ccc(Br)cc3)o1)CS2. The monoisotopic (exact) mass is 434 g/mol. The first-order valence-electron chi connectivity index (χ1n) is 8.55. The molecule has 0 spiro atoms. The molecule has 136 valence electrons. The van der Waals surface area contributed by atoms with Gasteiger partial charge in [0.25, 0.3) is 0 Å². The maximum atomic E-state index is 12.6. The number of carbonyl (C=O) groups excluding carboxylic acids is 2. The van der Waals surface area contributed by atoms with Gasteiger partial charge in [-0.05, 0) is 37.6 Å². The number of hydrogen-bond acceptors (Lipinski definition) is 4. The third kappa shape index (κ3) is 3.18. The number of fused-ring (bicyclic) bond motifs is 1. The lowest BCUT2D eigenvalue weighted by atomic mass is 10.2. The lowest BCUT2D eigenvalue weighted by Gasteiger charge is -2.29. The molecule has 0 aliphatic carbocycles. The van der Waals surface area contributed by atoms with E-state index >= 15 is 0 Å². The molecule has 2 atom stereocenters. The average Bonchev–Trinajstić information content (AvgIpc) is 3.30. The van der Waals surface area contributed by atoms with Crippen LogP contribution in [0.4, 0.5) is 0 Å². The predicted molar refractivity (Wildman–Crippen MR) is 104 cm³/mol. The summed E-state index contributed by atoms with van der Waals surface area (Å²) in [5.41, 5.74) is 0.983. The Kier molecular flexibility index (Phi) is 4.61. The van der Waals surface area contributed by atoms with Crippen LogP contribution in [0.1, 0.15) is 25.5 Å². The number of thioether (sulfide) groups is 1. The zero-order chi connectivity index (χ0) is 18.3. The fourth-order valence-corrected chi connectivity index (χ4v) is 5.25. The quantitative estimate of drug-likeness (QED) is 0.794. The van der Waals surface area contributed by atoms with E-state index < -0.39 is 0 Å². The van der Waals surface area contributed by atoms with Gasteiger partial charge in [0, 0.05) is 22.2 Å². The van der Waals surface area contributed by atoms with Crippen molar-refractivity contribution in [3.8, 4) is 11.3 Å². The van der Waals surface area contributed by atoms with Gasteiger partial charge in [0.15, 0.2) is 0 Å². The zero-order valence-corrected chi connectivity index (χ0v) is 16.7. The van der Waals surface area contributed by atoms with Gasteiger partial charge in [0.1, 0.15) is 17.6 Å². The van der Waals surface area contributed by atoms with E-state index in [1.165, 1.54) is 0 Å². The summed E-state index contributed by atoms with van der Waals surface area (Å²) in [6, 6.07) is 11.2. The lowest BCUT2D eigenvalue weighted by Crippen LogP contribution is -2.49. The van der Waals surface area contributed by atoms with E-state index in [1.54, 1.807) is 16.7 Å². The largest absolute Gasteiger partial charge is 0.459 e. The molecule has 5 nitrogen and oxygen atoms in total. The standard InChI is InChI=1S/C19H19BrN2O3S/c1-19-9-8-17(23)22(19)15(11-26-19)18(24)21-10-14-6-7-16(25-14)12-2-4-13(20)5-3-12/h2-7,15H,8-11H2,1H3,(H,21,24). The first-order valence-corrected chi connectivity index (χ1v) is 10.3. The van der Waals surface area contributed by atoms with Crippen molar-refractivity contribution in [2.45, 2.75) is 37.2 Å². The second-order valence-corrected chi connectivity index (χ2v) is 9.17. The Balaban J connectivity index is 1.39. The minimum absolute atomic E-state index is 0.0770. The average molecular weight is 435 g/mol. The van der Waals surface area contributed by atoms with Gasteiger partial charge in [0.2, 0.25) is 11.8 Å². The third-order valence-corrected chi connectivity index (χ3v) is 7.01. The Morgan fingerprint density at radius 3 is 2.88 bits per heavy atom. The second kappa shape index (κ2) is 6.78. The summed E-state index contributed by atoms with van der Waals surface area (Å²) in [7, 11) is 0. The minimum atomic E-state index is -0.388. The molecule has 2 aliphatic heterocycles. The maximum absolute atomic E-state index is 12.6. The summed E-state index contributed by atoms with van der Waals surface area (Å²) in [5, 5.41) is 2.92. The molecule has 0 radical (unpaired) electrons. The molecule has 1 N–H and O–H groups in total. The summed E-state index contributed by atoms with van der Waals surface area (Å²) in [5.74, 6) is 2.07. The Morgan fingerprint density at radius 1 is 1.35 bits per heavy atom. The zero-order valence-electron chi connectivity index (χ0n) is 14.3. The molecule has 4 rings (SSSR count). The van der Waals surface area contributed by atoms with E-state index in [-0.39, 0.29) is 22.7 Å². The molecule has 2 unspecified atom stereocenters. The topological polar surface area (TPSA) is 62.6 Å². The van der Waals surface area contributed by atoms with Crippen molar-refractivity contribution in [3.63, 3.8) is 0 Å². The molecule has 26 heavy (non-hydrogen) atoms. The van der Waals surface area contributed by atoms with Crippen LogP contribution >= 0.6 is 27.7 Å². The smallest absolute Gasteiger partial charge is 0.244 e. The summed E-state index contributed by atoms with van der Waals surface area (Å²) in [6.45, 7) is 2.36. The van der Waals surface area contributed by atoms with E-state index in [1.807, 2.05) is 43.3 Å². The van der Waals surface area contributed by atoms with Gasteiger partial charge in [-0.3, -0.25) is 9.59 Å². The van der Waals surface area contributed by atoms with Crippen molar-refractivity contribution in [1.82, 2.24) is 10.2 Å². The fourth-order valence-electron chi connectivity index (χ4n) is 3.55. The summed E-state index contributed by atoms with van der Waals surface area (Å²) < 4.78 is 6.85. The first kappa shape index (κ1) is 17.7. The molecule has 3 heterocycles. The van der Waals surface area contributed by atoms with Crippen molar-refractivity contribution >= 4 is 39.5 Å². The van der Waals surface area contributed by atoms with Gasteiger partial charge in [0.05, 0.1) is 11.4 Å². The number of rotatable bonds is 4. The van der Waals surface area contributed by atoms with Crippen molar-refractivity contribution in [2.75, 3.05) is 5.75 Å². The van der Waals surface area contributed by atoms with Crippen LogP contribution in [0, 0.1) is 0 Å². The number of carbonyl (C=O) groups is 2. The van der Waals surface area contributed by atoms with E-state index in [0.29, 0.717) is 24.5 Å². The number of nitrogens with one attached hydrogen (secondary N) is 1. The van der Waals surface area contributed by atoms with E-state index in [4.69, 9.17) is 4.42 Å². The van der Waals surface area contributed by atoms with Crippen LogP contribution in [0.5, 0.6) is 0 Å². The molecular weight excluding hydrogens is 416 g/mol. The highest BCUT2D eigenvalue weighted by molar-refractivity contribution is 9.10. The van der Waals surface area contributed by atoms with Crippen LogP contribution in [0.2, 0.25) is 0 Å². The molecule has 0 bridgehead atoms. The Morgan fingerprint density at radius 2 is 2.12 bits per heavy atom. The predicted octanol–water partition coefficient (Wildman–Crippen LogP) is 3.78. The molecule has 2 aromatic rings. The number of benzene rings is 1. The second-order valence-electron chi connectivity index (χ2n) is 6.76. The molecule has 2 saturated heterocycles. The summed E-state index contributed by atoms with van der Waals surface area (Å²) in [6.07, 6.45) is 1.34. The van der Waals surface area contributed by atoms with Gasteiger partial charge in [-0.25, -0.2) is 0 Å². The first-order chi connectivity index (χ1) is 12.5. The van der Waals surface area contributed by atoms with Gasteiger partial charge in [-0.2, -0.15) is 0 Å². The highest BCUT2D eigenvalue weighted by Gasteiger charge is 2.52. The molecule has 2 aliphatic rings. The van der Waals surface area contributed by atoms with Crippen LogP contribution in [0.15, 0.2) is 45.3 Å². The third-order valence-electron chi connectivity index (χ3n) is 4.97. The number of amides is 2. The van der Waals surface area contributed by atoms with E-state index in [0.717, 1.165) is 22.2 Å².